The van der Waals surface area contributed by atoms with Gasteiger partial charge in [0.15, 0.2) is 5.96 Å². The number of rotatable bonds is 5. The van der Waals surface area contributed by atoms with Gasteiger partial charge in [0.05, 0.1) is 17.2 Å². The monoisotopic (exact) mass is 422 g/mol. The van der Waals surface area contributed by atoms with Crippen LogP contribution in [0, 0.1) is 6.92 Å². The Morgan fingerprint density at radius 3 is 2.80 bits per heavy atom. The molecule has 0 aliphatic rings. The van der Waals surface area contributed by atoms with Crippen molar-refractivity contribution in [3.8, 4) is 0 Å². The molecular formula is C13H19IN4S2. The van der Waals surface area contributed by atoms with E-state index in [-0.39, 0.29) is 24.0 Å². The maximum atomic E-state index is 4.44. The summed E-state index contributed by atoms with van der Waals surface area (Å²) in [5, 5.41) is 11.9. The number of aromatic nitrogens is 1. The molecule has 2 heterocycles. The normalized spacial score (nSPS) is 11.0. The highest BCUT2D eigenvalue weighted by Gasteiger charge is 2.01. The van der Waals surface area contributed by atoms with E-state index < -0.39 is 0 Å². The summed E-state index contributed by atoms with van der Waals surface area (Å²) in [5.74, 6) is 0.834. The number of hydrogen-bond acceptors (Lipinski definition) is 4. The summed E-state index contributed by atoms with van der Waals surface area (Å²) in [5.41, 5.74) is 1.14. The van der Waals surface area contributed by atoms with E-state index in [2.05, 4.69) is 43.5 Å². The molecule has 0 unspecified atom stereocenters. The molecule has 0 radical (unpaired) electrons. The zero-order valence-electron chi connectivity index (χ0n) is 11.5. The number of hydrogen-bond donors (Lipinski definition) is 2. The lowest BCUT2D eigenvalue weighted by Gasteiger charge is -2.10. The van der Waals surface area contributed by atoms with E-state index in [1.165, 1.54) is 4.88 Å². The maximum absolute atomic E-state index is 4.44. The summed E-state index contributed by atoms with van der Waals surface area (Å²) in [6.07, 6.45) is 0.921. The molecule has 0 saturated heterocycles. The van der Waals surface area contributed by atoms with Crippen LogP contribution in [0.25, 0.3) is 0 Å². The highest BCUT2D eigenvalue weighted by molar-refractivity contribution is 14.0. The second-order valence-corrected chi connectivity index (χ2v) is 6.13. The molecule has 0 spiro atoms. The minimum Gasteiger partial charge on any atom is -0.356 e. The molecule has 0 aliphatic heterocycles. The van der Waals surface area contributed by atoms with Gasteiger partial charge in [-0.25, -0.2) is 4.98 Å². The molecule has 0 bridgehead atoms. The van der Waals surface area contributed by atoms with Crippen LogP contribution in [0.15, 0.2) is 27.9 Å². The van der Waals surface area contributed by atoms with Crippen LogP contribution in [0.2, 0.25) is 0 Å². The molecule has 0 aliphatic carbocycles. The number of thiazole rings is 1. The number of nitrogens with zero attached hydrogens (tertiary/aromatic N) is 2. The van der Waals surface area contributed by atoms with Gasteiger partial charge in [-0.05, 0) is 18.4 Å². The summed E-state index contributed by atoms with van der Waals surface area (Å²) in [6, 6.07) is 4.17. The molecule has 0 saturated carbocycles. The molecule has 110 valence electrons. The van der Waals surface area contributed by atoms with Gasteiger partial charge in [0.25, 0.3) is 0 Å². The molecule has 2 rings (SSSR count). The molecule has 2 aromatic heterocycles. The van der Waals surface area contributed by atoms with Gasteiger partial charge in [-0.1, -0.05) is 6.07 Å². The first-order valence-electron chi connectivity index (χ1n) is 6.16. The van der Waals surface area contributed by atoms with Crippen molar-refractivity contribution in [2.24, 2.45) is 4.99 Å². The highest BCUT2D eigenvalue weighted by Crippen LogP contribution is 2.08. The Hall–Kier alpha value is -0.670. The van der Waals surface area contributed by atoms with Crippen molar-refractivity contribution < 1.29 is 0 Å². The fourth-order valence-electron chi connectivity index (χ4n) is 1.64. The summed E-state index contributed by atoms with van der Waals surface area (Å²) in [7, 11) is 1.79. The van der Waals surface area contributed by atoms with Crippen molar-refractivity contribution in [3.05, 3.63) is 38.5 Å². The number of halogens is 1. The maximum Gasteiger partial charge on any atom is 0.191 e. The third-order valence-corrected chi connectivity index (χ3v) is 4.27. The summed E-state index contributed by atoms with van der Waals surface area (Å²) in [4.78, 5) is 9.95. The van der Waals surface area contributed by atoms with Gasteiger partial charge < -0.3 is 10.6 Å². The predicted octanol–water partition coefficient (Wildman–Crippen LogP) is 3.04. The van der Waals surface area contributed by atoms with E-state index in [9.17, 15) is 0 Å². The largest absolute Gasteiger partial charge is 0.356 e. The van der Waals surface area contributed by atoms with Crippen LogP contribution in [-0.4, -0.2) is 24.5 Å². The summed E-state index contributed by atoms with van der Waals surface area (Å²) >= 11 is 3.44. The molecule has 20 heavy (non-hydrogen) atoms. The van der Waals surface area contributed by atoms with Gasteiger partial charge in [-0.3, -0.25) is 4.99 Å². The third-order valence-electron chi connectivity index (χ3n) is 2.57. The number of nitrogens with one attached hydrogen (secondary N) is 2. The Bertz CT molecular complexity index is 522. The molecule has 0 aromatic carbocycles. The van der Waals surface area contributed by atoms with E-state index in [0.29, 0.717) is 0 Å². The number of aliphatic imine (C=N–C) groups is 1. The van der Waals surface area contributed by atoms with E-state index >= 15 is 0 Å². The van der Waals surface area contributed by atoms with Crippen molar-refractivity contribution >= 4 is 52.6 Å². The first kappa shape index (κ1) is 17.4. The van der Waals surface area contributed by atoms with Gasteiger partial charge >= 0.3 is 0 Å². The zero-order chi connectivity index (χ0) is 13.5. The van der Waals surface area contributed by atoms with Crippen molar-refractivity contribution in [2.75, 3.05) is 13.6 Å². The third kappa shape index (κ3) is 5.76. The minimum absolute atomic E-state index is 0. The van der Waals surface area contributed by atoms with Crippen LogP contribution in [0.4, 0.5) is 0 Å². The smallest absolute Gasteiger partial charge is 0.191 e. The van der Waals surface area contributed by atoms with E-state index in [0.717, 1.165) is 36.2 Å². The van der Waals surface area contributed by atoms with E-state index in [1.54, 1.807) is 29.7 Å². The van der Waals surface area contributed by atoms with Gasteiger partial charge in [0.2, 0.25) is 0 Å². The van der Waals surface area contributed by atoms with Crippen LogP contribution < -0.4 is 10.6 Å². The van der Waals surface area contributed by atoms with Crippen LogP contribution in [0.5, 0.6) is 0 Å². The highest BCUT2D eigenvalue weighted by atomic mass is 127. The average molecular weight is 422 g/mol. The first-order chi connectivity index (χ1) is 9.28. The van der Waals surface area contributed by atoms with E-state index in [1.807, 2.05) is 6.92 Å². The lowest BCUT2D eigenvalue weighted by Crippen LogP contribution is -2.37. The number of aryl methyl sites for hydroxylation is 1. The summed E-state index contributed by atoms with van der Waals surface area (Å²) in [6.45, 7) is 3.68. The zero-order valence-corrected chi connectivity index (χ0v) is 15.5. The molecule has 7 heteroatoms. The molecule has 2 aromatic rings. The van der Waals surface area contributed by atoms with Crippen molar-refractivity contribution in [1.82, 2.24) is 15.6 Å². The topological polar surface area (TPSA) is 49.3 Å². The average Bonchev–Trinajstić information content (AvgIpc) is 3.05. The molecule has 0 fully saturated rings. The van der Waals surface area contributed by atoms with Gasteiger partial charge in [0, 0.05) is 30.3 Å². The quantitative estimate of drug-likeness (QED) is 0.443. The van der Waals surface area contributed by atoms with Gasteiger partial charge in [0.1, 0.15) is 0 Å². The standard InChI is InChI=1S/C13H18N4S2.HI/c1-10-17-11(9-19-10)5-6-15-13(14-2)16-8-12-4-3-7-18-12;/h3-4,7,9H,5-6,8H2,1-2H3,(H2,14,15,16);1H. The van der Waals surface area contributed by atoms with E-state index in [4.69, 9.17) is 0 Å². The number of guanidine groups is 1. The Morgan fingerprint density at radius 1 is 1.35 bits per heavy atom. The minimum atomic E-state index is 0. The van der Waals surface area contributed by atoms with Crippen LogP contribution >= 0.6 is 46.7 Å². The molecule has 0 amide bonds. The van der Waals surface area contributed by atoms with Crippen molar-refractivity contribution in [1.29, 1.82) is 0 Å². The molecule has 0 atom stereocenters. The Balaban J connectivity index is 0.00000200. The first-order valence-corrected chi connectivity index (χ1v) is 7.92. The number of thiophene rings is 1. The summed E-state index contributed by atoms with van der Waals surface area (Å²) < 4.78 is 0. The molecular weight excluding hydrogens is 403 g/mol. The van der Waals surface area contributed by atoms with Crippen molar-refractivity contribution in [3.63, 3.8) is 0 Å². The van der Waals surface area contributed by atoms with Crippen LogP contribution in [0.3, 0.4) is 0 Å². The second-order valence-electron chi connectivity index (χ2n) is 4.04. The Morgan fingerprint density at radius 2 is 2.20 bits per heavy atom. The lowest BCUT2D eigenvalue weighted by molar-refractivity contribution is 0.790. The fourth-order valence-corrected chi connectivity index (χ4v) is 2.93. The Labute approximate surface area is 144 Å². The fraction of sp³-hybridized carbons (Fsp3) is 0.385. The predicted molar refractivity (Wildman–Crippen MR) is 98.5 cm³/mol. The second kappa shape index (κ2) is 9.30. The molecule has 2 N–H and O–H groups in total. The van der Waals surface area contributed by atoms with Gasteiger partial charge in [-0.15, -0.1) is 46.7 Å². The van der Waals surface area contributed by atoms with Crippen LogP contribution in [0.1, 0.15) is 15.6 Å². The van der Waals surface area contributed by atoms with Gasteiger partial charge in [-0.2, -0.15) is 0 Å². The lowest BCUT2D eigenvalue weighted by atomic mass is 10.3. The SMILES string of the molecule is CN=C(NCCc1csc(C)n1)NCc1cccs1.I. The molecule has 4 nitrogen and oxygen atoms in total. The van der Waals surface area contributed by atoms with Crippen LogP contribution in [-0.2, 0) is 13.0 Å². The van der Waals surface area contributed by atoms with Crippen molar-refractivity contribution in [2.45, 2.75) is 19.9 Å². The Kier molecular flexibility index (Phi) is 8.08.